The molecular formula is C12H19N3OS. The second-order valence-electron chi connectivity index (χ2n) is 5.02. The van der Waals surface area contributed by atoms with Gasteiger partial charge in [-0.15, -0.1) is 11.3 Å². The summed E-state index contributed by atoms with van der Waals surface area (Å²) in [5.41, 5.74) is 6.38. The van der Waals surface area contributed by atoms with Crippen molar-refractivity contribution in [2.24, 2.45) is 11.7 Å². The number of nitrogens with two attached hydrogens (primary N) is 1. The fourth-order valence-corrected chi connectivity index (χ4v) is 2.97. The molecule has 1 aliphatic heterocycles. The van der Waals surface area contributed by atoms with Crippen LogP contribution in [0, 0.1) is 5.92 Å². The highest BCUT2D eigenvalue weighted by Gasteiger charge is 2.25. The van der Waals surface area contributed by atoms with Gasteiger partial charge >= 0.3 is 0 Å². The molecule has 1 aromatic heterocycles. The van der Waals surface area contributed by atoms with Crippen LogP contribution in [-0.2, 0) is 6.42 Å². The highest BCUT2D eigenvalue weighted by atomic mass is 32.1. The molecule has 4 nitrogen and oxygen atoms in total. The molecule has 0 spiro atoms. The van der Waals surface area contributed by atoms with Crippen LogP contribution in [0.25, 0.3) is 0 Å². The molecule has 5 heteroatoms. The summed E-state index contributed by atoms with van der Waals surface area (Å²) in [5, 5.41) is 2.91. The standard InChI is InChI=1S/C12H19N3OS/c1-8(2)5-11-14-10(7-17-11)12(16)15-4-3-9(13)6-15/h7-9H,3-6,13H2,1-2H3/t9-/m1/s1. The second kappa shape index (κ2) is 5.14. The average molecular weight is 253 g/mol. The Balaban J connectivity index is 2.02. The quantitative estimate of drug-likeness (QED) is 0.888. The van der Waals surface area contributed by atoms with Crippen LogP contribution in [0.5, 0.6) is 0 Å². The number of hydrogen-bond donors (Lipinski definition) is 1. The summed E-state index contributed by atoms with van der Waals surface area (Å²) in [6.45, 7) is 5.73. The van der Waals surface area contributed by atoms with Gasteiger partial charge in [0.1, 0.15) is 5.69 Å². The maximum absolute atomic E-state index is 12.1. The molecule has 1 aliphatic rings. The Kier molecular flexibility index (Phi) is 3.79. The van der Waals surface area contributed by atoms with Gasteiger partial charge in [0.25, 0.3) is 5.91 Å². The van der Waals surface area contributed by atoms with Gasteiger partial charge in [-0.1, -0.05) is 13.8 Å². The van der Waals surface area contributed by atoms with E-state index in [1.54, 1.807) is 16.2 Å². The Morgan fingerprint density at radius 3 is 3.06 bits per heavy atom. The first-order valence-electron chi connectivity index (χ1n) is 6.05. The van der Waals surface area contributed by atoms with E-state index in [1.165, 1.54) is 0 Å². The van der Waals surface area contributed by atoms with E-state index in [2.05, 4.69) is 18.8 Å². The van der Waals surface area contributed by atoms with Crippen LogP contribution in [0.3, 0.4) is 0 Å². The third kappa shape index (κ3) is 3.04. The summed E-state index contributed by atoms with van der Waals surface area (Å²) < 4.78 is 0. The Bertz CT molecular complexity index is 402. The van der Waals surface area contributed by atoms with Crippen LogP contribution in [0.1, 0.15) is 35.8 Å². The monoisotopic (exact) mass is 253 g/mol. The van der Waals surface area contributed by atoms with Crippen molar-refractivity contribution in [2.75, 3.05) is 13.1 Å². The van der Waals surface area contributed by atoms with E-state index in [1.807, 2.05) is 5.38 Å². The fourth-order valence-electron chi connectivity index (χ4n) is 1.99. The zero-order valence-corrected chi connectivity index (χ0v) is 11.2. The molecular weight excluding hydrogens is 234 g/mol. The van der Waals surface area contributed by atoms with Crippen molar-refractivity contribution in [2.45, 2.75) is 32.7 Å². The molecule has 1 atom stereocenters. The van der Waals surface area contributed by atoms with Crippen LogP contribution in [-0.4, -0.2) is 34.9 Å². The molecule has 0 bridgehead atoms. The van der Waals surface area contributed by atoms with Gasteiger partial charge < -0.3 is 10.6 Å². The van der Waals surface area contributed by atoms with Gasteiger partial charge in [-0.25, -0.2) is 4.98 Å². The molecule has 0 unspecified atom stereocenters. The normalized spacial score (nSPS) is 20.2. The van der Waals surface area contributed by atoms with Crippen molar-refractivity contribution in [1.82, 2.24) is 9.88 Å². The second-order valence-corrected chi connectivity index (χ2v) is 5.97. The number of aromatic nitrogens is 1. The molecule has 1 aromatic rings. The third-order valence-corrected chi connectivity index (χ3v) is 3.74. The number of hydrogen-bond acceptors (Lipinski definition) is 4. The highest BCUT2D eigenvalue weighted by Crippen LogP contribution is 2.17. The van der Waals surface area contributed by atoms with E-state index in [9.17, 15) is 4.79 Å². The van der Waals surface area contributed by atoms with E-state index < -0.39 is 0 Å². The molecule has 94 valence electrons. The van der Waals surface area contributed by atoms with Crippen molar-refractivity contribution in [3.05, 3.63) is 16.1 Å². The van der Waals surface area contributed by atoms with E-state index >= 15 is 0 Å². The van der Waals surface area contributed by atoms with Crippen molar-refractivity contribution in [1.29, 1.82) is 0 Å². The van der Waals surface area contributed by atoms with Crippen molar-refractivity contribution >= 4 is 17.2 Å². The van der Waals surface area contributed by atoms with Crippen molar-refractivity contribution < 1.29 is 4.79 Å². The zero-order chi connectivity index (χ0) is 12.4. The van der Waals surface area contributed by atoms with Gasteiger partial charge in [0.2, 0.25) is 0 Å². The first-order chi connectivity index (χ1) is 8.06. The molecule has 2 heterocycles. The number of carbonyl (C=O) groups excluding carboxylic acids is 1. The first-order valence-corrected chi connectivity index (χ1v) is 6.93. The highest BCUT2D eigenvalue weighted by molar-refractivity contribution is 7.09. The number of amides is 1. The minimum Gasteiger partial charge on any atom is -0.336 e. The maximum Gasteiger partial charge on any atom is 0.273 e. The Morgan fingerprint density at radius 1 is 1.71 bits per heavy atom. The lowest BCUT2D eigenvalue weighted by atomic mass is 10.1. The summed E-state index contributed by atoms with van der Waals surface area (Å²) in [4.78, 5) is 18.3. The molecule has 1 amide bonds. The molecule has 17 heavy (non-hydrogen) atoms. The molecule has 0 saturated carbocycles. The van der Waals surface area contributed by atoms with Gasteiger partial charge in [0, 0.05) is 30.9 Å². The number of thiazole rings is 1. The van der Waals surface area contributed by atoms with Crippen LogP contribution < -0.4 is 5.73 Å². The summed E-state index contributed by atoms with van der Waals surface area (Å²) in [7, 11) is 0. The molecule has 2 rings (SSSR count). The predicted octanol–water partition coefficient (Wildman–Crippen LogP) is 1.51. The number of likely N-dealkylation sites (tertiary alicyclic amines) is 1. The summed E-state index contributed by atoms with van der Waals surface area (Å²) in [6.07, 6.45) is 1.84. The lowest BCUT2D eigenvalue weighted by Gasteiger charge is -2.13. The zero-order valence-electron chi connectivity index (χ0n) is 10.3. The largest absolute Gasteiger partial charge is 0.336 e. The molecule has 0 aromatic carbocycles. The van der Waals surface area contributed by atoms with Gasteiger partial charge in [0.05, 0.1) is 5.01 Å². The van der Waals surface area contributed by atoms with Crippen molar-refractivity contribution in [3.8, 4) is 0 Å². The molecule has 0 aliphatic carbocycles. The Morgan fingerprint density at radius 2 is 2.47 bits per heavy atom. The lowest BCUT2D eigenvalue weighted by Crippen LogP contribution is -2.32. The van der Waals surface area contributed by atoms with Crippen LogP contribution in [0.4, 0.5) is 0 Å². The van der Waals surface area contributed by atoms with Gasteiger partial charge in [-0.3, -0.25) is 4.79 Å². The molecule has 0 radical (unpaired) electrons. The van der Waals surface area contributed by atoms with E-state index in [-0.39, 0.29) is 11.9 Å². The Labute approximate surface area is 106 Å². The smallest absolute Gasteiger partial charge is 0.273 e. The SMILES string of the molecule is CC(C)Cc1nc(C(=O)N2CC[C@@H](N)C2)cs1. The number of nitrogens with zero attached hydrogens (tertiary/aromatic N) is 2. The molecule has 1 saturated heterocycles. The third-order valence-electron chi connectivity index (χ3n) is 2.87. The van der Waals surface area contributed by atoms with Gasteiger partial charge in [-0.05, 0) is 12.3 Å². The lowest BCUT2D eigenvalue weighted by molar-refractivity contribution is 0.0785. The molecule has 1 fully saturated rings. The summed E-state index contributed by atoms with van der Waals surface area (Å²) in [5.74, 6) is 0.605. The van der Waals surface area contributed by atoms with E-state index in [0.717, 1.165) is 24.4 Å². The maximum atomic E-state index is 12.1. The molecule has 2 N–H and O–H groups in total. The minimum absolute atomic E-state index is 0.0317. The van der Waals surface area contributed by atoms with Gasteiger partial charge in [0.15, 0.2) is 0 Å². The number of carbonyl (C=O) groups is 1. The Hall–Kier alpha value is -0.940. The number of rotatable bonds is 3. The predicted molar refractivity (Wildman–Crippen MR) is 69.2 cm³/mol. The summed E-state index contributed by atoms with van der Waals surface area (Å²) >= 11 is 1.58. The fraction of sp³-hybridized carbons (Fsp3) is 0.667. The van der Waals surface area contributed by atoms with Crippen molar-refractivity contribution in [3.63, 3.8) is 0 Å². The van der Waals surface area contributed by atoms with E-state index in [0.29, 0.717) is 18.2 Å². The van der Waals surface area contributed by atoms with Crippen LogP contribution in [0.2, 0.25) is 0 Å². The van der Waals surface area contributed by atoms with E-state index in [4.69, 9.17) is 5.73 Å². The minimum atomic E-state index is 0.0317. The van der Waals surface area contributed by atoms with Gasteiger partial charge in [-0.2, -0.15) is 0 Å². The average Bonchev–Trinajstić information content (AvgIpc) is 2.85. The summed E-state index contributed by atoms with van der Waals surface area (Å²) in [6, 6.07) is 0.132. The van der Waals surface area contributed by atoms with Crippen LogP contribution >= 0.6 is 11.3 Å². The van der Waals surface area contributed by atoms with Crippen LogP contribution in [0.15, 0.2) is 5.38 Å². The topological polar surface area (TPSA) is 59.2 Å². The first kappa shape index (κ1) is 12.5.